The number of amides is 1. The second-order valence-corrected chi connectivity index (χ2v) is 3.55. The summed E-state index contributed by atoms with van der Waals surface area (Å²) >= 11 is 0. The fourth-order valence-electron chi connectivity index (χ4n) is 1.37. The molecule has 0 aromatic heterocycles. The molecule has 1 unspecified atom stereocenters. The third kappa shape index (κ3) is 3.15. The lowest BCUT2D eigenvalue weighted by Gasteiger charge is -2.12. The van der Waals surface area contributed by atoms with Crippen molar-refractivity contribution in [2.24, 2.45) is 0 Å². The van der Waals surface area contributed by atoms with Crippen LogP contribution in [0, 0.1) is 12.3 Å². The van der Waals surface area contributed by atoms with Crippen molar-refractivity contribution in [2.45, 2.75) is 19.4 Å². The van der Waals surface area contributed by atoms with E-state index in [1.165, 1.54) is 0 Å². The number of ether oxygens (including phenoxy) is 1. The smallest absolute Gasteiger partial charge is 0.254 e. The number of methoxy groups -OCH3 is 1. The number of hydrogen-bond acceptors (Lipinski definition) is 3. The van der Waals surface area contributed by atoms with Crippen molar-refractivity contribution in [3.05, 3.63) is 23.8 Å². The molecule has 0 saturated heterocycles. The molecule has 1 amide bonds. The lowest BCUT2D eigenvalue weighted by molar-refractivity contribution is 0.0946. The number of benzene rings is 1. The van der Waals surface area contributed by atoms with Gasteiger partial charge in [-0.25, -0.2) is 0 Å². The number of anilines is 1. The topological polar surface area (TPSA) is 64.3 Å². The van der Waals surface area contributed by atoms with E-state index in [1.807, 2.05) is 6.92 Å². The highest BCUT2D eigenvalue weighted by atomic mass is 16.5. The van der Waals surface area contributed by atoms with Gasteiger partial charge in [0.1, 0.15) is 5.75 Å². The Balaban J connectivity index is 2.86. The van der Waals surface area contributed by atoms with Gasteiger partial charge in [-0.1, -0.05) is 12.8 Å². The Bertz CT molecular complexity index is 449. The summed E-state index contributed by atoms with van der Waals surface area (Å²) in [7, 11) is 1.54. The van der Waals surface area contributed by atoms with E-state index in [0.717, 1.165) is 0 Å². The van der Waals surface area contributed by atoms with Crippen molar-refractivity contribution < 1.29 is 9.53 Å². The lowest BCUT2D eigenvalue weighted by atomic mass is 10.1. The Morgan fingerprint density at radius 2 is 2.35 bits per heavy atom. The van der Waals surface area contributed by atoms with Crippen molar-refractivity contribution >= 4 is 11.6 Å². The highest BCUT2D eigenvalue weighted by molar-refractivity contribution is 5.99. The molecule has 0 saturated carbocycles. The van der Waals surface area contributed by atoms with Crippen LogP contribution >= 0.6 is 0 Å². The Labute approximate surface area is 101 Å². The van der Waals surface area contributed by atoms with Gasteiger partial charge in [-0.3, -0.25) is 4.79 Å². The Kier molecular flexibility index (Phi) is 4.41. The fourth-order valence-corrected chi connectivity index (χ4v) is 1.37. The number of carbonyl (C=O) groups is 1. The second-order valence-electron chi connectivity index (χ2n) is 3.55. The van der Waals surface area contributed by atoms with E-state index in [9.17, 15) is 4.79 Å². The van der Waals surface area contributed by atoms with Crippen LogP contribution in [-0.2, 0) is 0 Å². The maximum Gasteiger partial charge on any atom is 0.254 e. The first kappa shape index (κ1) is 12.9. The molecule has 1 atom stereocenters. The first-order chi connectivity index (χ1) is 8.12. The molecule has 0 spiro atoms. The molecule has 0 radical (unpaired) electrons. The molecule has 0 bridgehead atoms. The Hall–Kier alpha value is -2.15. The molecular weight excluding hydrogens is 216 g/mol. The van der Waals surface area contributed by atoms with E-state index in [2.05, 4.69) is 11.2 Å². The maximum absolute atomic E-state index is 11.9. The van der Waals surface area contributed by atoms with Crippen LogP contribution in [0.15, 0.2) is 18.2 Å². The molecule has 0 heterocycles. The summed E-state index contributed by atoms with van der Waals surface area (Å²) in [5, 5.41) is 2.72. The van der Waals surface area contributed by atoms with Crippen LogP contribution in [0.5, 0.6) is 5.75 Å². The van der Waals surface area contributed by atoms with Crippen LogP contribution in [0.2, 0.25) is 0 Å². The minimum absolute atomic E-state index is 0.269. The van der Waals surface area contributed by atoms with Crippen LogP contribution in [0.25, 0.3) is 0 Å². The van der Waals surface area contributed by atoms with Crippen molar-refractivity contribution in [3.63, 3.8) is 0 Å². The standard InChI is InChI=1S/C13H16N2O2/c1-4-9(5-2)15-13(16)11-7-6-10(17-3)8-12(11)14/h1,6-9H,5,14H2,2-3H3,(H,15,16). The van der Waals surface area contributed by atoms with Crippen molar-refractivity contribution in [2.75, 3.05) is 12.8 Å². The van der Waals surface area contributed by atoms with Gasteiger partial charge in [0.2, 0.25) is 0 Å². The van der Waals surface area contributed by atoms with Crippen LogP contribution in [0.1, 0.15) is 23.7 Å². The Morgan fingerprint density at radius 3 is 2.82 bits per heavy atom. The highest BCUT2D eigenvalue weighted by Crippen LogP contribution is 2.19. The molecule has 0 fully saturated rings. The third-order valence-electron chi connectivity index (χ3n) is 2.42. The molecule has 0 aliphatic carbocycles. The molecule has 1 rings (SSSR count). The van der Waals surface area contributed by atoms with Crippen LogP contribution < -0.4 is 15.8 Å². The van der Waals surface area contributed by atoms with Gasteiger partial charge in [0.05, 0.1) is 18.7 Å². The van der Waals surface area contributed by atoms with E-state index in [4.69, 9.17) is 16.9 Å². The largest absolute Gasteiger partial charge is 0.497 e. The zero-order valence-corrected chi connectivity index (χ0v) is 9.99. The molecule has 17 heavy (non-hydrogen) atoms. The summed E-state index contributed by atoms with van der Waals surface area (Å²) in [6.45, 7) is 1.90. The maximum atomic E-state index is 11.9. The number of rotatable bonds is 4. The van der Waals surface area contributed by atoms with Gasteiger partial charge < -0.3 is 15.8 Å². The van der Waals surface area contributed by atoms with Crippen molar-refractivity contribution in [3.8, 4) is 18.1 Å². The summed E-state index contributed by atoms with van der Waals surface area (Å²) in [5.41, 5.74) is 6.54. The predicted octanol–water partition coefficient (Wildman–Crippen LogP) is 1.42. The predicted molar refractivity (Wildman–Crippen MR) is 67.8 cm³/mol. The average molecular weight is 232 g/mol. The highest BCUT2D eigenvalue weighted by Gasteiger charge is 2.13. The monoisotopic (exact) mass is 232 g/mol. The van der Waals surface area contributed by atoms with E-state index >= 15 is 0 Å². The number of nitrogens with one attached hydrogen (secondary N) is 1. The number of nitrogens with two attached hydrogens (primary N) is 1. The first-order valence-corrected chi connectivity index (χ1v) is 5.32. The van der Waals surface area contributed by atoms with Crippen LogP contribution in [-0.4, -0.2) is 19.1 Å². The van der Waals surface area contributed by atoms with Crippen LogP contribution in [0.3, 0.4) is 0 Å². The molecule has 1 aromatic rings. The summed E-state index contributed by atoms with van der Waals surface area (Å²) < 4.78 is 5.01. The molecule has 90 valence electrons. The molecule has 1 aromatic carbocycles. The number of carbonyl (C=O) groups excluding carboxylic acids is 1. The Morgan fingerprint density at radius 1 is 1.65 bits per heavy atom. The first-order valence-electron chi connectivity index (χ1n) is 5.32. The van der Waals surface area contributed by atoms with Gasteiger partial charge >= 0.3 is 0 Å². The molecule has 0 aliphatic heterocycles. The van der Waals surface area contributed by atoms with Crippen molar-refractivity contribution in [1.82, 2.24) is 5.32 Å². The van der Waals surface area contributed by atoms with Gasteiger partial charge in [-0.15, -0.1) is 6.42 Å². The van der Waals surface area contributed by atoms with Gasteiger partial charge in [0, 0.05) is 11.8 Å². The summed E-state index contributed by atoms with van der Waals surface area (Å²) in [5.74, 6) is 2.84. The van der Waals surface area contributed by atoms with Gasteiger partial charge in [0.25, 0.3) is 5.91 Å². The summed E-state index contributed by atoms with van der Waals surface area (Å²) in [6.07, 6.45) is 5.96. The third-order valence-corrected chi connectivity index (χ3v) is 2.42. The van der Waals surface area contributed by atoms with Gasteiger partial charge in [-0.05, 0) is 18.6 Å². The van der Waals surface area contributed by atoms with Gasteiger partial charge in [0.15, 0.2) is 0 Å². The van der Waals surface area contributed by atoms with E-state index in [0.29, 0.717) is 23.4 Å². The average Bonchev–Trinajstić information content (AvgIpc) is 2.35. The molecule has 0 aliphatic rings. The van der Waals surface area contributed by atoms with E-state index < -0.39 is 0 Å². The quantitative estimate of drug-likeness (QED) is 0.609. The molecule has 3 N–H and O–H groups in total. The van der Waals surface area contributed by atoms with Crippen LogP contribution in [0.4, 0.5) is 5.69 Å². The van der Waals surface area contributed by atoms with E-state index in [1.54, 1.807) is 25.3 Å². The zero-order valence-electron chi connectivity index (χ0n) is 9.99. The SMILES string of the molecule is C#CC(CC)NC(=O)c1ccc(OC)cc1N. The number of terminal acetylenes is 1. The molecular formula is C13H16N2O2. The minimum Gasteiger partial charge on any atom is -0.497 e. The minimum atomic E-state index is -0.274. The lowest BCUT2D eigenvalue weighted by Crippen LogP contribution is -2.33. The number of nitrogen functional groups attached to an aromatic ring is 1. The number of hydrogen-bond donors (Lipinski definition) is 2. The summed E-state index contributed by atoms with van der Waals surface area (Å²) in [4.78, 5) is 11.9. The summed E-state index contributed by atoms with van der Waals surface area (Å²) in [6, 6.07) is 4.63. The van der Waals surface area contributed by atoms with Gasteiger partial charge in [-0.2, -0.15) is 0 Å². The van der Waals surface area contributed by atoms with Crippen molar-refractivity contribution in [1.29, 1.82) is 0 Å². The normalized spacial score (nSPS) is 11.4. The molecule has 4 heteroatoms. The fraction of sp³-hybridized carbons (Fsp3) is 0.308. The van der Waals surface area contributed by atoms with E-state index in [-0.39, 0.29) is 11.9 Å². The second kappa shape index (κ2) is 5.80. The zero-order chi connectivity index (χ0) is 12.8. The molecule has 4 nitrogen and oxygen atoms in total.